The van der Waals surface area contributed by atoms with Crippen molar-refractivity contribution in [1.82, 2.24) is 4.98 Å². The molecule has 0 saturated carbocycles. The second-order valence-electron chi connectivity index (χ2n) is 3.81. The SMILES string of the molecule is COCCN(c1cccc(Cl)n1)C(C)COC. The highest BCUT2D eigenvalue weighted by Gasteiger charge is 2.15. The van der Waals surface area contributed by atoms with Crippen LogP contribution in [0, 0.1) is 0 Å². The van der Waals surface area contributed by atoms with E-state index in [2.05, 4.69) is 16.8 Å². The van der Waals surface area contributed by atoms with Crippen molar-refractivity contribution in [1.29, 1.82) is 0 Å². The molecule has 1 heterocycles. The van der Waals surface area contributed by atoms with Crippen LogP contribution in [0.5, 0.6) is 0 Å². The van der Waals surface area contributed by atoms with Crippen molar-refractivity contribution in [3.63, 3.8) is 0 Å². The lowest BCUT2D eigenvalue weighted by atomic mass is 10.3. The monoisotopic (exact) mass is 258 g/mol. The van der Waals surface area contributed by atoms with Gasteiger partial charge in [-0.05, 0) is 19.1 Å². The molecule has 0 aliphatic heterocycles. The van der Waals surface area contributed by atoms with Gasteiger partial charge in [0.1, 0.15) is 11.0 Å². The van der Waals surface area contributed by atoms with E-state index in [4.69, 9.17) is 21.1 Å². The third kappa shape index (κ3) is 4.50. The van der Waals surface area contributed by atoms with Crippen LogP contribution in [0.1, 0.15) is 6.92 Å². The van der Waals surface area contributed by atoms with Crippen molar-refractivity contribution in [3.05, 3.63) is 23.4 Å². The Bertz CT molecular complexity index is 336. The predicted octanol–water partition coefficient (Wildman–Crippen LogP) is 2.22. The molecule has 0 amide bonds. The third-order valence-electron chi connectivity index (χ3n) is 2.47. The average Bonchev–Trinajstić information content (AvgIpc) is 2.30. The summed E-state index contributed by atoms with van der Waals surface area (Å²) in [7, 11) is 3.38. The van der Waals surface area contributed by atoms with Gasteiger partial charge in [0.05, 0.1) is 19.3 Å². The Morgan fingerprint density at radius 3 is 2.71 bits per heavy atom. The number of hydrogen-bond acceptors (Lipinski definition) is 4. The Balaban J connectivity index is 2.81. The maximum atomic E-state index is 5.90. The summed E-state index contributed by atoms with van der Waals surface area (Å²) in [4.78, 5) is 6.43. The van der Waals surface area contributed by atoms with Gasteiger partial charge in [0, 0.05) is 20.8 Å². The minimum Gasteiger partial charge on any atom is -0.383 e. The highest BCUT2D eigenvalue weighted by molar-refractivity contribution is 6.29. The summed E-state index contributed by atoms with van der Waals surface area (Å²) in [5.41, 5.74) is 0. The minimum atomic E-state index is 0.223. The van der Waals surface area contributed by atoms with Crippen molar-refractivity contribution in [3.8, 4) is 0 Å². The quantitative estimate of drug-likeness (QED) is 0.703. The molecule has 0 N–H and O–H groups in total. The lowest BCUT2D eigenvalue weighted by Gasteiger charge is -2.29. The molecule has 1 atom stereocenters. The average molecular weight is 259 g/mol. The highest BCUT2D eigenvalue weighted by atomic mass is 35.5. The van der Waals surface area contributed by atoms with Crippen molar-refractivity contribution < 1.29 is 9.47 Å². The van der Waals surface area contributed by atoms with Crippen LogP contribution in [-0.4, -0.2) is 45.0 Å². The molecule has 0 spiro atoms. The highest BCUT2D eigenvalue weighted by Crippen LogP contribution is 2.17. The van der Waals surface area contributed by atoms with E-state index in [1.165, 1.54) is 0 Å². The van der Waals surface area contributed by atoms with Gasteiger partial charge in [-0.2, -0.15) is 0 Å². The van der Waals surface area contributed by atoms with Crippen molar-refractivity contribution in [2.75, 3.05) is 38.9 Å². The third-order valence-corrected chi connectivity index (χ3v) is 2.68. The van der Waals surface area contributed by atoms with Gasteiger partial charge in [-0.1, -0.05) is 17.7 Å². The molecular weight excluding hydrogens is 240 g/mol. The summed E-state index contributed by atoms with van der Waals surface area (Å²) in [5.74, 6) is 0.846. The Kier molecular flexibility index (Phi) is 6.26. The summed E-state index contributed by atoms with van der Waals surface area (Å²) in [6, 6.07) is 5.82. The zero-order valence-electron chi connectivity index (χ0n) is 10.5. The Labute approximate surface area is 107 Å². The second-order valence-corrected chi connectivity index (χ2v) is 4.20. The number of ether oxygens (including phenoxy) is 2. The normalized spacial score (nSPS) is 12.5. The van der Waals surface area contributed by atoms with Crippen molar-refractivity contribution in [2.45, 2.75) is 13.0 Å². The largest absolute Gasteiger partial charge is 0.383 e. The molecule has 1 aromatic heterocycles. The fraction of sp³-hybridized carbons (Fsp3) is 0.583. The number of nitrogens with zero attached hydrogens (tertiary/aromatic N) is 2. The van der Waals surface area contributed by atoms with E-state index in [1.807, 2.05) is 12.1 Å². The number of pyridine rings is 1. The molecule has 0 saturated heterocycles. The van der Waals surface area contributed by atoms with Crippen LogP contribution in [0.4, 0.5) is 5.82 Å². The van der Waals surface area contributed by atoms with Crippen LogP contribution in [-0.2, 0) is 9.47 Å². The molecular formula is C12H19ClN2O2. The van der Waals surface area contributed by atoms with Gasteiger partial charge in [0.15, 0.2) is 0 Å². The lowest BCUT2D eigenvalue weighted by molar-refractivity contribution is 0.170. The lowest BCUT2D eigenvalue weighted by Crippen LogP contribution is -2.39. The van der Waals surface area contributed by atoms with Crippen LogP contribution in [0.2, 0.25) is 5.15 Å². The van der Waals surface area contributed by atoms with E-state index in [1.54, 1.807) is 20.3 Å². The molecule has 0 aliphatic rings. The molecule has 5 heteroatoms. The standard InChI is InChI=1S/C12H19ClN2O2/c1-10(9-17-3)15(7-8-16-2)12-6-4-5-11(13)14-12/h4-6,10H,7-9H2,1-3H3. The van der Waals surface area contributed by atoms with E-state index in [0.29, 0.717) is 18.4 Å². The zero-order chi connectivity index (χ0) is 12.7. The topological polar surface area (TPSA) is 34.6 Å². The van der Waals surface area contributed by atoms with E-state index < -0.39 is 0 Å². The van der Waals surface area contributed by atoms with Crippen molar-refractivity contribution in [2.24, 2.45) is 0 Å². The molecule has 0 aliphatic carbocycles. The molecule has 4 nitrogen and oxygen atoms in total. The minimum absolute atomic E-state index is 0.223. The number of anilines is 1. The van der Waals surface area contributed by atoms with Crippen LogP contribution < -0.4 is 4.90 Å². The zero-order valence-corrected chi connectivity index (χ0v) is 11.3. The first-order valence-corrected chi connectivity index (χ1v) is 5.94. The maximum Gasteiger partial charge on any atom is 0.131 e. The summed E-state index contributed by atoms with van der Waals surface area (Å²) in [6.07, 6.45) is 0. The number of aromatic nitrogens is 1. The Morgan fingerprint density at radius 1 is 1.35 bits per heavy atom. The van der Waals surface area contributed by atoms with Crippen LogP contribution in [0.25, 0.3) is 0 Å². The first-order chi connectivity index (χ1) is 8.19. The van der Waals surface area contributed by atoms with Gasteiger partial charge in [-0.15, -0.1) is 0 Å². The van der Waals surface area contributed by atoms with Gasteiger partial charge in [-0.25, -0.2) is 4.98 Å². The summed E-state index contributed by atoms with van der Waals surface area (Å²) in [5, 5.41) is 0.495. The number of rotatable bonds is 7. The van der Waals surface area contributed by atoms with E-state index in [9.17, 15) is 0 Å². The number of halogens is 1. The number of hydrogen-bond donors (Lipinski definition) is 0. The molecule has 96 valence electrons. The Hall–Kier alpha value is -0.840. The summed E-state index contributed by atoms with van der Waals surface area (Å²) < 4.78 is 10.3. The van der Waals surface area contributed by atoms with Gasteiger partial charge in [0.2, 0.25) is 0 Å². The van der Waals surface area contributed by atoms with E-state index >= 15 is 0 Å². The van der Waals surface area contributed by atoms with Crippen LogP contribution >= 0.6 is 11.6 Å². The van der Waals surface area contributed by atoms with Crippen LogP contribution in [0.3, 0.4) is 0 Å². The van der Waals surface area contributed by atoms with E-state index in [0.717, 1.165) is 12.4 Å². The molecule has 0 fully saturated rings. The van der Waals surface area contributed by atoms with Gasteiger partial charge in [0.25, 0.3) is 0 Å². The van der Waals surface area contributed by atoms with Gasteiger partial charge >= 0.3 is 0 Å². The predicted molar refractivity (Wildman–Crippen MR) is 69.8 cm³/mol. The molecule has 0 aromatic carbocycles. The van der Waals surface area contributed by atoms with Crippen molar-refractivity contribution >= 4 is 17.4 Å². The smallest absolute Gasteiger partial charge is 0.131 e. The summed E-state index contributed by atoms with van der Waals surface area (Å²) >= 11 is 5.90. The number of methoxy groups -OCH3 is 2. The molecule has 1 aromatic rings. The maximum absolute atomic E-state index is 5.90. The molecule has 1 unspecified atom stereocenters. The Morgan fingerprint density at radius 2 is 2.12 bits per heavy atom. The molecule has 1 rings (SSSR count). The molecule has 0 bridgehead atoms. The molecule has 0 radical (unpaired) electrons. The van der Waals surface area contributed by atoms with Gasteiger partial charge in [-0.3, -0.25) is 0 Å². The second kappa shape index (κ2) is 7.48. The van der Waals surface area contributed by atoms with Crippen LogP contribution in [0.15, 0.2) is 18.2 Å². The first-order valence-electron chi connectivity index (χ1n) is 5.56. The van der Waals surface area contributed by atoms with E-state index in [-0.39, 0.29) is 6.04 Å². The first kappa shape index (κ1) is 14.2. The fourth-order valence-corrected chi connectivity index (χ4v) is 1.80. The molecule has 17 heavy (non-hydrogen) atoms. The van der Waals surface area contributed by atoms with Gasteiger partial charge < -0.3 is 14.4 Å². The summed E-state index contributed by atoms with van der Waals surface area (Å²) in [6.45, 7) is 4.12. The fourth-order valence-electron chi connectivity index (χ4n) is 1.64.